The van der Waals surface area contributed by atoms with Gasteiger partial charge in [-0.2, -0.15) is 13.2 Å². The van der Waals surface area contributed by atoms with Crippen LogP contribution >= 0.6 is 10.9 Å². The van der Waals surface area contributed by atoms with E-state index in [-0.39, 0.29) is 12.5 Å². The summed E-state index contributed by atoms with van der Waals surface area (Å²) in [6.45, 7) is -0.0121. The SMILES string of the molecule is [O-][s+]1nc(O)cc1-c1ccc(OCc2cccc(C(F)(F)F)c2)cc1. The Morgan fingerprint density at radius 1 is 1.08 bits per heavy atom. The molecule has 0 spiro atoms. The lowest BCUT2D eigenvalue weighted by Crippen LogP contribution is -2.06. The lowest BCUT2D eigenvalue weighted by atomic mass is 10.1. The van der Waals surface area contributed by atoms with Crippen LogP contribution in [0.1, 0.15) is 11.1 Å². The van der Waals surface area contributed by atoms with Crippen LogP contribution in [0.5, 0.6) is 11.6 Å². The van der Waals surface area contributed by atoms with Gasteiger partial charge >= 0.3 is 6.18 Å². The highest BCUT2D eigenvalue weighted by Crippen LogP contribution is 2.34. The molecule has 1 N–H and O–H groups in total. The van der Waals surface area contributed by atoms with E-state index in [1.165, 1.54) is 12.1 Å². The summed E-state index contributed by atoms with van der Waals surface area (Å²) >= 11 is 0. The van der Waals surface area contributed by atoms with Crippen LogP contribution in [-0.4, -0.2) is 14.0 Å². The largest absolute Gasteiger partial charge is 0.568 e. The Kier molecular flexibility index (Phi) is 4.65. The number of aromatic nitrogens is 1. The van der Waals surface area contributed by atoms with Crippen molar-refractivity contribution in [3.05, 3.63) is 65.7 Å². The topological polar surface area (TPSA) is 65.4 Å². The fourth-order valence-electron chi connectivity index (χ4n) is 2.23. The van der Waals surface area contributed by atoms with Crippen molar-refractivity contribution in [3.8, 4) is 22.1 Å². The summed E-state index contributed by atoms with van der Waals surface area (Å²) in [7, 11) is -1.64. The lowest BCUT2D eigenvalue weighted by molar-refractivity contribution is -0.137. The van der Waals surface area contributed by atoms with Gasteiger partial charge in [-0.15, -0.1) is 0 Å². The number of hydrogen-bond acceptors (Lipinski definition) is 4. The van der Waals surface area contributed by atoms with Gasteiger partial charge in [0, 0.05) is 9.94 Å². The molecule has 25 heavy (non-hydrogen) atoms. The number of alkyl halides is 3. The summed E-state index contributed by atoms with van der Waals surface area (Å²) in [5, 5.41) is 9.25. The first-order valence-electron chi connectivity index (χ1n) is 7.13. The Balaban J connectivity index is 1.69. The van der Waals surface area contributed by atoms with Crippen LogP contribution in [-0.2, 0) is 12.8 Å². The van der Waals surface area contributed by atoms with Gasteiger partial charge in [0.05, 0.1) is 22.6 Å². The average molecular weight is 367 g/mol. The highest BCUT2D eigenvalue weighted by molar-refractivity contribution is 7.23. The van der Waals surface area contributed by atoms with Gasteiger partial charge in [0.25, 0.3) is 5.88 Å². The fraction of sp³-hybridized carbons (Fsp3) is 0.118. The first-order chi connectivity index (χ1) is 11.8. The summed E-state index contributed by atoms with van der Waals surface area (Å²) in [5.74, 6) is 0.161. The second-order valence-electron chi connectivity index (χ2n) is 5.22. The maximum Gasteiger partial charge on any atom is 0.416 e. The van der Waals surface area contributed by atoms with E-state index in [1.807, 2.05) is 0 Å². The average Bonchev–Trinajstić information content (AvgIpc) is 2.91. The van der Waals surface area contributed by atoms with Gasteiger partial charge in [0.15, 0.2) is 0 Å². The highest BCUT2D eigenvalue weighted by Gasteiger charge is 2.30. The van der Waals surface area contributed by atoms with E-state index in [2.05, 4.69) is 4.37 Å². The van der Waals surface area contributed by atoms with E-state index in [9.17, 15) is 22.8 Å². The zero-order valence-electron chi connectivity index (χ0n) is 12.7. The second-order valence-corrected chi connectivity index (χ2v) is 6.34. The minimum atomic E-state index is -4.39. The third-order valence-corrected chi connectivity index (χ3v) is 4.51. The van der Waals surface area contributed by atoms with Gasteiger partial charge in [-0.25, -0.2) is 0 Å². The van der Waals surface area contributed by atoms with Gasteiger partial charge < -0.3 is 14.4 Å². The number of aromatic hydroxyl groups is 1. The van der Waals surface area contributed by atoms with Crippen molar-refractivity contribution >= 4 is 10.9 Å². The first kappa shape index (κ1) is 17.2. The second kappa shape index (κ2) is 6.73. The van der Waals surface area contributed by atoms with Crippen molar-refractivity contribution in [2.24, 2.45) is 0 Å². The first-order valence-corrected chi connectivity index (χ1v) is 8.24. The third-order valence-electron chi connectivity index (χ3n) is 3.42. The van der Waals surface area contributed by atoms with Crippen molar-refractivity contribution in [1.29, 1.82) is 0 Å². The van der Waals surface area contributed by atoms with Crippen molar-refractivity contribution in [2.45, 2.75) is 12.8 Å². The van der Waals surface area contributed by atoms with E-state index in [1.54, 1.807) is 30.3 Å². The number of nitrogens with zero attached hydrogens (tertiary/aromatic N) is 1. The smallest absolute Gasteiger partial charge is 0.416 e. The van der Waals surface area contributed by atoms with E-state index in [0.717, 1.165) is 12.1 Å². The Hall–Kier alpha value is -2.58. The molecule has 4 nitrogen and oxygen atoms in total. The van der Waals surface area contributed by atoms with E-state index in [4.69, 9.17) is 4.74 Å². The van der Waals surface area contributed by atoms with Crippen LogP contribution in [0.4, 0.5) is 13.2 Å². The zero-order valence-corrected chi connectivity index (χ0v) is 13.5. The van der Waals surface area contributed by atoms with Crippen molar-refractivity contribution < 1.29 is 27.6 Å². The predicted molar refractivity (Wildman–Crippen MR) is 85.8 cm³/mol. The maximum absolute atomic E-state index is 12.7. The highest BCUT2D eigenvalue weighted by atomic mass is 32.2. The Morgan fingerprint density at radius 2 is 1.80 bits per heavy atom. The van der Waals surface area contributed by atoms with Crippen molar-refractivity contribution in [2.75, 3.05) is 0 Å². The quantitative estimate of drug-likeness (QED) is 0.674. The molecule has 1 heterocycles. The molecule has 0 bridgehead atoms. The number of hydrogen-bond donors (Lipinski definition) is 1. The van der Waals surface area contributed by atoms with Gasteiger partial charge in [-0.3, -0.25) is 0 Å². The number of halogens is 3. The van der Waals surface area contributed by atoms with Crippen LogP contribution in [0.2, 0.25) is 0 Å². The fourth-order valence-corrected chi connectivity index (χ4v) is 3.10. The molecule has 8 heteroatoms. The normalized spacial score (nSPS) is 12.2. The summed E-state index contributed by atoms with van der Waals surface area (Å²) in [6, 6.07) is 12.7. The molecule has 0 radical (unpaired) electrons. The van der Waals surface area contributed by atoms with Crippen LogP contribution in [0.25, 0.3) is 10.4 Å². The Morgan fingerprint density at radius 3 is 2.40 bits per heavy atom. The van der Waals surface area contributed by atoms with Crippen molar-refractivity contribution in [3.63, 3.8) is 0 Å². The van der Waals surface area contributed by atoms with E-state index < -0.39 is 22.7 Å². The van der Waals surface area contributed by atoms with E-state index >= 15 is 0 Å². The summed E-state index contributed by atoms with van der Waals surface area (Å²) in [4.78, 5) is 0.377. The lowest BCUT2D eigenvalue weighted by Gasteiger charge is -2.10. The summed E-state index contributed by atoms with van der Waals surface area (Å²) < 4.78 is 58.7. The van der Waals surface area contributed by atoms with Crippen molar-refractivity contribution in [1.82, 2.24) is 4.37 Å². The molecule has 1 aromatic heterocycles. The Labute approximate surface area is 144 Å². The molecule has 1 atom stereocenters. The van der Waals surface area contributed by atoms with E-state index in [0.29, 0.717) is 21.8 Å². The van der Waals surface area contributed by atoms with Gasteiger partial charge in [-0.05, 0) is 42.0 Å². The molecule has 3 aromatic rings. The molecule has 2 aromatic carbocycles. The molecule has 0 saturated carbocycles. The minimum absolute atomic E-state index is 0.0121. The van der Waals surface area contributed by atoms with Crippen LogP contribution in [0.3, 0.4) is 0 Å². The molecule has 0 aliphatic carbocycles. The summed E-state index contributed by atoms with van der Waals surface area (Å²) in [6.07, 6.45) is -4.39. The Bertz CT molecular complexity index is 876. The van der Waals surface area contributed by atoms with Gasteiger partial charge in [-0.1, -0.05) is 12.1 Å². The molecule has 0 fully saturated rings. The predicted octanol–water partition coefficient (Wildman–Crippen LogP) is 4.78. The molecule has 1 unspecified atom stereocenters. The maximum atomic E-state index is 12.7. The van der Waals surface area contributed by atoms with Crippen LogP contribution in [0.15, 0.2) is 54.6 Å². The monoisotopic (exact) mass is 367 g/mol. The molecular formula is C17H12F3NO3S. The number of rotatable bonds is 4. The van der Waals surface area contributed by atoms with Gasteiger partial charge in [0.2, 0.25) is 4.88 Å². The molecule has 0 amide bonds. The molecule has 130 valence electrons. The third kappa shape index (κ3) is 4.09. The van der Waals surface area contributed by atoms with Gasteiger partial charge in [0.1, 0.15) is 12.4 Å². The zero-order chi connectivity index (χ0) is 18.0. The van der Waals surface area contributed by atoms with Crippen LogP contribution < -0.4 is 4.74 Å². The number of ether oxygens (including phenoxy) is 1. The standard InChI is InChI=1S/C17H12F3NO3S/c18-17(19,20)13-3-1-2-11(8-13)10-24-14-6-4-12(5-7-14)15-9-16(22)21-25(15)23/h1-9H,10H2,(H,21,22). The molecule has 0 saturated heterocycles. The van der Waals surface area contributed by atoms with Crippen LogP contribution in [0, 0.1) is 0 Å². The molecular weight excluding hydrogens is 355 g/mol. The minimum Gasteiger partial charge on any atom is -0.568 e. The molecule has 0 aliphatic heterocycles. The number of benzene rings is 2. The summed E-state index contributed by atoms with van der Waals surface area (Å²) in [5.41, 5.74) is 0.286. The molecule has 0 aliphatic rings. The molecule has 3 rings (SSSR count).